The predicted molar refractivity (Wildman–Crippen MR) is 63.5 cm³/mol. The Labute approximate surface area is 95.9 Å². The molecule has 16 heavy (non-hydrogen) atoms. The van der Waals surface area contributed by atoms with Crippen molar-refractivity contribution < 1.29 is 9.53 Å². The average Bonchev–Trinajstić information content (AvgIpc) is 2.83. The van der Waals surface area contributed by atoms with Gasteiger partial charge in [0, 0.05) is 5.92 Å². The number of hydrogen-bond donors (Lipinski definition) is 0. The number of carbonyl (C=O) groups excluding carboxylic acids is 1. The topological polar surface area (TPSA) is 26.3 Å². The molecule has 2 heteroatoms. The second kappa shape index (κ2) is 4.97. The van der Waals surface area contributed by atoms with Crippen LogP contribution in [-0.4, -0.2) is 12.6 Å². The summed E-state index contributed by atoms with van der Waals surface area (Å²) in [5.41, 5.74) is 1.86. The maximum Gasteiger partial charge on any atom is 0.338 e. The predicted octanol–water partition coefficient (Wildman–Crippen LogP) is 3.30. The van der Waals surface area contributed by atoms with Crippen molar-refractivity contribution >= 4 is 5.97 Å². The molecule has 1 unspecified atom stereocenters. The summed E-state index contributed by atoms with van der Waals surface area (Å²) in [6.07, 6.45) is 6.69. The Bertz CT molecular complexity index is 407. The third kappa shape index (κ3) is 2.32. The van der Waals surface area contributed by atoms with Crippen LogP contribution >= 0.6 is 0 Å². The van der Waals surface area contributed by atoms with Gasteiger partial charge in [0.25, 0.3) is 0 Å². The van der Waals surface area contributed by atoms with Gasteiger partial charge in [0.15, 0.2) is 0 Å². The Morgan fingerprint density at radius 2 is 2.38 bits per heavy atom. The molecular weight excluding hydrogens is 200 g/mol. The van der Waals surface area contributed by atoms with E-state index in [-0.39, 0.29) is 5.97 Å². The zero-order valence-electron chi connectivity index (χ0n) is 9.48. The summed E-state index contributed by atoms with van der Waals surface area (Å²) in [4.78, 5) is 11.6. The Morgan fingerprint density at radius 3 is 3.06 bits per heavy atom. The van der Waals surface area contributed by atoms with Crippen molar-refractivity contribution in [1.29, 1.82) is 0 Å². The van der Waals surface area contributed by atoms with Gasteiger partial charge in [0.2, 0.25) is 0 Å². The van der Waals surface area contributed by atoms with Crippen molar-refractivity contribution in [1.82, 2.24) is 0 Å². The third-order valence-corrected chi connectivity index (χ3v) is 2.84. The molecule has 0 aliphatic heterocycles. The number of ether oxygens (including phenoxy) is 1. The van der Waals surface area contributed by atoms with E-state index in [1.165, 1.54) is 5.56 Å². The Balaban J connectivity index is 2.18. The number of hydrogen-bond acceptors (Lipinski definition) is 2. The van der Waals surface area contributed by atoms with E-state index in [2.05, 4.69) is 18.2 Å². The molecule has 0 aromatic heterocycles. The van der Waals surface area contributed by atoms with Crippen LogP contribution in [0, 0.1) is 0 Å². The molecule has 0 saturated carbocycles. The van der Waals surface area contributed by atoms with Crippen LogP contribution in [0.2, 0.25) is 0 Å². The van der Waals surface area contributed by atoms with Crippen LogP contribution < -0.4 is 0 Å². The lowest BCUT2D eigenvalue weighted by atomic mass is 9.97. The molecule has 0 spiro atoms. The van der Waals surface area contributed by atoms with Crippen molar-refractivity contribution in [2.24, 2.45) is 0 Å². The number of allylic oxidation sites excluding steroid dienone is 2. The first kappa shape index (κ1) is 10.9. The monoisotopic (exact) mass is 216 g/mol. The van der Waals surface area contributed by atoms with Gasteiger partial charge < -0.3 is 4.74 Å². The van der Waals surface area contributed by atoms with Crippen molar-refractivity contribution in [2.75, 3.05) is 6.61 Å². The molecule has 84 valence electrons. The van der Waals surface area contributed by atoms with Crippen molar-refractivity contribution in [3.05, 3.63) is 47.5 Å². The molecule has 2 rings (SSSR count). The Kier molecular flexibility index (Phi) is 3.40. The summed E-state index contributed by atoms with van der Waals surface area (Å²) < 4.78 is 4.99. The van der Waals surface area contributed by atoms with Gasteiger partial charge in [-0.25, -0.2) is 4.79 Å². The molecule has 0 saturated heterocycles. The minimum atomic E-state index is -0.230. The van der Waals surface area contributed by atoms with Gasteiger partial charge in [0.1, 0.15) is 0 Å². The van der Waals surface area contributed by atoms with Crippen LogP contribution in [0.3, 0.4) is 0 Å². The fraction of sp³-hybridized carbons (Fsp3) is 0.357. The van der Waals surface area contributed by atoms with Gasteiger partial charge in [-0.2, -0.15) is 0 Å². The molecule has 0 amide bonds. The molecule has 0 heterocycles. The zero-order valence-corrected chi connectivity index (χ0v) is 9.48. The first-order valence-electron chi connectivity index (χ1n) is 5.75. The summed E-state index contributed by atoms with van der Waals surface area (Å²) >= 11 is 0. The normalized spacial score (nSPS) is 18.7. The van der Waals surface area contributed by atoms with Crippen molar-refractivity contribution in [2.45, 2.75) is 25.7 Å². The van der Waals surface area contributed by atoms with E-state index < -0.39 is 0 Å². The summed E-state index contributed by atoms with van der Waals surface area (Å²) in [5, 5.41) is 0. The largest absolute Gasteiger partial charge is 0.462 e. The molecule has 1 aliphatic rings. The van der Waals surface area contributed by atoms with E-state index in [9.17, 15) is 4.79 Å². The molecule has 2 nitrogen and oxygen atoms in total. The highest BCUT2D eigenvalue weighted by Crippen LogP contribution is 2.28. The van der Waals surface area contributed by atoms with Gasteiger partial charge in [0.05, 0.1) is 12.2 Å². The number of benzene rings is 1. The molecule has 1 aliphatic carbocycles. The first-order chi connectivity index (χ1) is 7.81. The van der Waals surface area contributed by atoms with E-state index in [4.69, 9.17) is 4.74 Å². The van der Waals surface area contributed by atoms with Gasteiger partial charge in [-0.05, 0) is 37.5 Å². The molecular formula is C14H16O2. The second-order valence-electron chi connectivity index (χ2n) is 3.96. The van der Waals surface area contributed by atoms with Crippen LogP contribution in [0.25, 0.3) is 0 Å². The first-order valence-corrected chi connectivity index (χ1v) is 5.75. The number of esters is 1. The SMILES string of the molecule is CCOC(=O)c1cccc(C2C=CCC2)c1. The highest BCUT2D eigenvalue weighted by Gasteiger charge is 2.14. The average molecular weight is 216 g/mol. The fourth-order valence-electron chi connectivity index (χ4n) is 2.02. The highest BCUT2D eigenvalue weighted by molar-refractivity contribution is 5.89. The van der Waals surface area contributed by atoms with Gasteiger partial charge in [-0.3, -0.25) is 0 Å². The van der Waals surface area contributed by atoms with Gasteiger partial charge >= 0.3 is 5.97 Å². The van der Waals surface area contributed by atoms with Crippen LogP contribution in [0.4, 0.5) is 0 Å². The zero-order chi connectivity index (χ0) is 11.4. The molecule has 1 aromatic rings. The van der Waals surface area contributed by atoms with E-state index in [0.717, 1.165) is 12.8 Å². The van der Waals surface area contributed by atoms with Crippen LogP contribution in [-0.2, 0) is 4.74 Å². The minimum Gasteiger partial charge on any atom is -0.462 e. The maximum atomic E-state index is 11.6. The van der Waals surface area contributed by atoms with E-state index >= 15 is 0 Å². The lowest BCUT2D eigenvalue weighted by molar-refractivity contribution is 0.0526. The Hall–Kier alpha value is -1.57. The van der Waals surface area contributed by atoms with Gasteiger partial charge in [-0.15, -0.1) is 0 Å². The van der Waals surface area contributed by atoms with Crippen LogP contribution in [0.5, 0.6) is 0 Å². The minimum absolute atomic E-state index is 0.230. The molecule has 0 bridgehead atoms. The highest BCUT2D eigenvalue weighted by atomic mass is 16.5. The summed E-state index contributed by atoms with van der Waals surface area (Å²) in [6.45, 7) is 2.24. The molecule has 0 radical (unpaired) electrons. The summed E-state index contributed by atoms with van der Waals surface area (Å²) in [7, 11) is 0. The van der Waals surface area contributed by atoms with E-state index in [1.54, 1.807) is 6.07 Å². The third-order valence-electron chi connectivity index (χ3n) is 2.84. The van der Waals surface area contributed by atoms with E-state index in [1.807, 2.05) is 19.1 Å². The fourth-order valence-corrected chi connectivity index (χ4v) is 2.02. The smallest absolute Gasteiger partial charge is 0.338 e. The lowest BCUT2D eigenvalue weighted by Crippen LogP contribution is -2.05. The molecule has 1 aromatic carbocycles. The quantitative estimate of drug-likeness (QED) is 0.572. The van der Waals surface area contributed by atoms with E-state index in [0.29, 0.717) is 18.1 Å². The molecule has 1 atom stereocenters. The van der Waals surface area contributed by atoms with Crippen LogP contribution in [0.15, 0.2) is 36.4 Å². The Morgan fingerprint density at radius 1 is 1.50 bits per heavy atom. The second-order valence-corrected chi connectivity index (χ2v) is 3.96. The molecule has 0 N–H and O–H groups in total. The lowest BCUT2D eigenvalue weighted by Gasteiger charge is -2.09. The number of carbonyl (C=O) groups is 1. The summed E-state index contributed by atoms with van der Waals surface area (Å²) in [5.74, 6) is 0.237. The number of rotatable bonds is 3. The molecule has 0 fully saturated rings. The van der Waals surface area contributed by atoms with Crippen molar-refractivity contribution in [3.8, 4) is 0 Å². The standard InChI is InChI=1S/C14H16O2/c1-2-16-14(15)13-9-5-8-12(10-13)11-6-3-4-7-11/h3,5-6,8-11H,2,4,7H2,1H3. The maximum absolute atomic E-state index is 11.6. The van der Waals surface area contributed by atoms with Gasteiger partial charge in [-0.1, -0.05) is 24.3 Å². The summed E-state index contributed by atoms with van der Waals surface area (Å²) in [6, 6.07) is 7.75. The van der Waals surface area contributed by atoms with Crippen molar-refractivity contribution in [3.63, 3.8) is 0 Å². The van der Waals surface area contributed by atoms with Crippen LogP contribution in [0.1, 0.15) is 41.6 Å².